The predicted molar refractivity (Wildman–Crippen MR) is 135 cm³/mol. The van der Waals surface area contributed by atoms with Crippen LogP contribution in [0.5, 0.6) is 0 Å². The highest BCUT2D eigenvalue weighted by Crippen LogP contribution is 3.02. The first-order chi connectivity index (χ1) is 18.9. The van der Waals surface area contributed by atoms with E-state index < -0.39 is 75.7 Å². The minimum Gasteiger partial charge on any atom is -0.380 e. The number of amides is 2. The molecule has 1 aliphatic heterocycles. The first-order valence-electron chi connectivity index (χ1n) is 12.6. The van der Waals surface area contributed by atoms with Crippen molar-refractivity contribution in [2.75, 3.05) is 18.6 Å². The van der Waals surface area contributed by atoms with Crippen molar-refractivity contribution in [3.8, 4) is 0 Å². The van der Waals surface area contributed by atoms with Crippen molar-refractivity contribution in [3.05, 3.63) is 54.1 Å². The fourth-order valence-corrected chi connectivity index (χ4v) is 5.62. The van der Waals surface area contributed by atoms with Crippen molar-refractivity contribution in [2.24, 2.45) is 0 Å². The zero-order valence-corrected chi connectivity index (χ0v) is 22.5. The average Bonchev–Trinajstić information content (AvgIpc) is 3.36. The number of nitrogens with one attached hydrogen (secondary N) is 2. The van der Waals surface area contributed by atoms with Crippen LogP contribution >= 0.6 is 10.2 Å². The summed E-state index contributed by atoms with van der Waals surface area (Å²) in [6.45, 7) is 0.221. The van der Waals surface area contributed by atoms with E-state index in [4.69, 9.17) is 4.74 Å². The topological polar surface area (TPSA) is 83.6 Å². The maximum atomic E-state index is 14.3. The first-order valence-corrected chi connectivity index (χ1v) is 14.5. The Morgan fingerprint density at radius 3 is 2.27 bits per heavy atom. The maximum Gasteiger partial charge on any atom is 0.310 e. The van der Waals surface area contributed by atoms with E-state index in [9.17, 15) is 42.2 Å². The maximum absolute atomic E-state index is 14.3. The van der Waals surface area contributed by atoms with Crippen LogP contribution in [-0.4, -0.2) is 54.6 Å². The third-order valence-corrected chi connectivity index (χ3v) is 8.29. The lowest BCUT2D eigenvalue weighted by molar-refractivity contribution is -0.128. The third-order valence-electron chi connectivity index (χ3n) is 7.13. The Morgan fingerprint density at radius 1 is 1.10 bits per heavy atom. The zero-order valence-electron chi connectivity index (χ0n) is 21.6. The minimum atomic E-state index is -10.1. The molecule has 2 amide bonds. The van der Waals surface area contributed by atoms with Gasteiger partial charge in [0, 0.05) is 50.0 Å². The summed E-state index contributed by atoms with van der Waals surface area (Å²) in [5, 5.41) is 5.47. The molecular weight excluding hydrogens is 588 g/mol. The van der Waals surface area contributed by atoms with Gasteiger partial charge in [-0.3, -0.25) is 19.5 Å². The van der Waals surface area contributed by atoms with Crippen LogP contribution in [0.3, 0.4) is 0 Å². The highest BCUT2D eigenvalue weighted by Gasteiger charge is 2.65. The summed E-state index contributed by atoms with van der Waals surface area (Å²) >= 11 is 0. The van der Waals surface area contributed by atoms with Crippen molar-refractivity contribution in [2.45, 2.75) is 67.2 Å². The SMILES string of the molecule is COC1CNC(C(=O)N(c2ccc(S(F)(F)(F)(F)F)cc2)C(C(=O)NC2CCC(F)(F)CC2)c2cncc(F)c2)C1. The number of benzene rings is 1. The molecule has 4 rings (SSSR count). The van der Waals surface area contributed by atoms with Crippen LogP contribution in [-0.2, 0) is 14.3 Å². The number of pyridine rings is 1. The van der Waals surface area contributed by atoms with Gasteiger partial charge in [0.1, 0.15) is 16.8 Å². The lowest BCUT2D eigenvalue weighted by Crippen LogP contribution is -2.52. The van der Waals surface area contributed by atoms with E-state index in [2.05, 4.69) is 15.6 Å². The smallest absolute Gasteiger partial charge is 0.310 e. The Morgan fingerprint density at radius 2 is 1.73 bits per heavy atom. The molecule has 3 unspecified atom stereocenters. The van der Waals surface area contributed by atoms with E-state index in [1.54, 1.807) is 0 Å². The minimum absolute atomic E-state index is 0.0964. The lowest BCUT2D eigenvalue weighted by Gasteiger charge is -2.41. The highest BCUT2D eigenvalue weighted by molar-refractivity contribution is 8.45. The van der Waals surface area contributed by atoms with Gasteiger partial charge in [-0.1, -0.05) is 19.4 Å². The Bertz CT molecular complexity index is 1290. The highest BCUT2D eigenvalue weighted by atomic mass is 32.5. The van der Waals surface area contributed by atoms with Gasteiger partial charge in [0.25, 0.3) is 0 Å². The first kappa shape index (κ1) is 31.0. The molecule has 1 aromatic carbocycles. The number of hydrogen-bond acceptors (Lipinski definition) is 5. The molecule has 2 aromatic rings. The number of carbonyl (C=O) groups is 2. The number of carbonyl (C=O) groups excluding carboxylic acids is 2. The fraction of sp³-hybridized carbons (Fsp3) is 0.480. The second kappa shape index (κ2) is 10.4. The summed E-state index contributed by atoms with van der Waals surface area (Å²) in [5.41, 5.74) is -0.557. The molecule has 41 heavy (non-hydrogen) atoms. The molecular formula is C25H28F8N4O3S. The lowest BCUT2D eigenvalue weighted by atomic mass is 9.91. The van der Waals surface area contributed by atoms with Gasteiger partial charge < -0.3 is 15.4 Å². The van der Waals surface area contributed by atoms with E-state index in [0.29, 0.717) is 12.1 Å². The van der Waals surface area contributed by atoms with E-state index in [0.717, 1.165) is 23.4 Å². The Labute approximate surface area is 230 Å². The monoisotopic (exact) mass is 616 g/mol. The normalized spacial score (nSPS) is 23.7. The van der Waals surface area contributed by atoms with Gasteiger partial charge >= 0.3 is 10.2 Å². The van der Waals surface area contributed by atoms with Crippen molar-refractivity contribution < 1.29 is 46.9 Å². The molecule has 1 saturated carbocycles. The molecule has 0 radical (unpaired) electrons. The van der Waals surface area contributed by atoms with E-state index >= 15 is 0 Å². The van der Waals surface area contributed by atoms with Gasteiger partial charge in [-0.2, -0.15) is 0 Å². The van der Waals surface area contributed by atoms with Crippen molar-refractivity contribution in [1.29, 1.82) is 0 Å². The molecule has 1 aliphatic carbocycles. The van der Waals surface area contributed by atoms with Crippen molar-refractivity contribution >= 4 is 27.7 Å². The molecule has 16 heteroatoms. The molecule has 2 fully saturated rings. The van der Waals surface area contributed by atoms with Crippen LogP contribution in [0.4, 0.5) is 38.3 Å². The number of ether oxygens (including phenoxy) is 1. The molecule has 3 atom stereocenters. The van der Waals surface area contributed by atoms with Gasteiger partial charge in [0.15, 0.2) is 0 Å². The molecule has 2 aliphatic rings. The van der Waals surface area contributed by atoms with E-state index in [1.807, 2.05) is 0 Å². The van der Waals surface area contributed by atoms with Crippen LogP contribution < -0.4 is 15.5 Å². The summed E-state index contributed by atoms with van der Waals surface area (Å²) in [6, 6.07) is -1.19. The van der Waals surface area contributed by atoms with Gasteiger partial charge in [0.2, 0.25) is 17.7 Å². The standard InChI is InChI=1S/C25H28F8N4O3S/c1-40-19-11-21(35-14-19)24(39)37(18-2-4-20(5-3-18)41(29,30,31,32)33)22(15-10-16(26)13-34-12-15)23(38)36-17-6-8-25(27,28)9-7-17/h2-5,10,12-13,17,19,21-22,35H,6-9,11,14H2,1H3,(H,36,38). The number of halogens is 8. The Balaban J connectivity index is 1.78. The van der Waals surface area contributed by atoms with Crippen LogP contribution in [0.25, 0.3) is 0 Å². The van der Waals surface area contributed by atoms with Gasteiger partial charge in [0.05, 0.1) is 18.3 Å². The van der Waals surface area contributed by atoms with E-state index in [1.165, 1.54) is 7.11 Å². The number of anilines is 1. The van der Waals surface area contributed by atoms with Crippen molar-refractivity contribution in [1.82, 2.24) is 15.6 Å². The largest absolute Gasteiger partial charge is 0.380 e. The quantitative estimate of drug-likeness (QED) is 0.355. The summed E-state index contributed by atoms with van der Waals surface area (Å²) < 4.78 is 114. The molecule has 2 N–H and O–H groups in total. The molecule has 2 heterocycles. The second-order valence-corrected chi connectivity index (χ2v) is 12.6. The third kappa shape index (κ3) is 7.46. The average molecular weight is 617 g/mol. The molecule has 0 spiro atoms. The zero-order chi connectivity index (χ0) is 30.3. The fourth-order valence-electron chi connectivity index (χ4n) is 4.97. The van der Waals surface area contributed by atoms with Crippen LogP contribution in [0.1, 0.15) is 43.7 Å². The summed E-state index contributed by atoms with van der Waals surface area (Å²) in [7, 11) is -8.67. The molecule has 228 valence electrons. The number of nitrogens with zero attached hydrogens (tertiary/aromatic N) is 2. The van der Waals surface area contributed by atoms with Crippen LogP contribution in [0.2, 0.25) is 0 Å². The predicted octanol–water partition coefficient (Wildman–Crippen LogP) is 6.02. The number of aromatic nitrogens is 1. The van der Waals surface area contributed by atoms with Gasteiger partial charge in [-0.15, -0.1) is 0 Å². The summed E-state index contributed by atoms with van der Waals surface area (Å²) in [4.78, 5) is 29.8. The second-order valence-electron chi connectivity index (χ2n) is 10.2. The molecule has 1 aromatic heterocycles. The van der Waals surface area contributed by atoms with E-state index in [-0.39, 0.29) is 49.2 Å². The molecule has 7 nitrogen and oxygen atoms in total. The van der Waals surface area contributed by atoms with Gasteiger partial charge in [-0.05, 0) is 49.6 Å². The number of rotatable bonds is 8. The number of methoxy groups -OCH3 is 1. The summed E-state index contributed by atoms with van der Waals surface area (Å²) in [5.74, 6) is -5.60. The Kier molecular flexibility index (Phi) is 7.84. The summed E-state index contributed by atoms with van der Waals surface area (Å²) in [6.07, 6.45) is 0.347. The van der Waals surface area contributed by atoms with Crippen molar-refractivity contribution in [3.63, 3.8) is 0 Å². The Hall–Kier alpha value is -2.98. The number of alkyl halides is 2. The molecule has 1 saturated heterocycles. The number of hydrogen-bond donors (Lipinski definition) is 2. The molecule has 0 bridgehead atoms. The van der Waals surface area contributed by atoms with Crippen LogP contribution in [0.15, 0.2) is 47.6 Å². The van der Waals surface area contributed by atoms with Crippen LogP contribution in [0, 0.1) is 5.82 Å². The van der Waals surface area contributed by atoms with Gasteiger partial charge in [-0.25, -0.2) is 13.2 Å².